The molecule has 1 aromatic carbocycles. The van der Waals surface area contributed by atoms with Crippen LogP contribution in [0.15, 0.2) is 18.2 Å². The van der Waals surface area contributed by atoms with Crippen LogP contribution in [0.2, 0.25) is 0 Å². The van der Waals surface area contributed by atoms with Gasteiger partial charge in [0.1, 0.15) is 18.1 Å². The van der Waals surface area contributed by atoms with E-state index in [1.54, 1.807) is 0 Å². The van der Waals surface area contributed by atoms with Gasteiger partial charge >= 0.3 is 5.97 Å². The van der Waals surface area contributed by atoms with Crippen LogP contribution in [0.3, 0.4) is 0 Å². The molecule has 0 spiro atoms. The molecule has 0 amide bonds. The molecule has 0 bridgehead atoms. The highest BCUT2D eigenvalue weighted by Crippen LogP contribution is 2.26. The quantitative estimate of drug-likeness (QED) is 0.166. The number of unbranched alkanes of at least 4 members (excludes halogenated alkanes) is 2. The average molecular weight is 563 g/mol. The van der Waals surface area contributed by atoms with Crippen LogP contribution in [-0.4, -0.2) is 80.0 Å². The van der Waals surface area contributed by atoms with Crippen LogP contribution in [0.4, 0.5) is 0 Å². The van der Waals surface area contributed by atoms with Crippen LogP contribution in [0.1, 0.15) is 97.5 Å². The highest BCUT2D eigenvalue weighted by atomic mass is 16.5. The number of nitrogens with zero attached hydrogens (tertiary/aromatic N) is 2. The van der Waals surface area contributed by atoms with Gasteiger partial charge in [-0.3, -0.25) is 9.69 Å². The lowest BCUT2D eigenvalue weighted by molar-refractivity contribution is -0.145. The Kier molecular flexibility index (Phi) is 18.0. The maximum Gasteiger partial charge on any atom is 0.306 e. The summed E-state index contributed by atoms with van der Waals surface area (Å²) in [4.78, 5) is 17.2. The van der Waals surface area contributed by atoms with Crippen LogP contribution in [-0.2, 0) is 16.1 Å². The van der Waals surface area contributed by atoms with Gasteiger partial charge in [-0.05, 0) is 55.3 Å². The third-order valence-electron chi connectivity index (χ3n) is 8.13. The minimum absolute atomic E-state index is 0.163. The molecule has 2 atom stereocenters. The molecule has 2 rings (SSSR count). The van der Waals surface area contributed by atoms with Crippen molar-refractivity contribution in [2.75, 3.05) is 59.1 Å². The zero-order valence-electron chi connectivity index (χ0n) is 26.0. The van der Waals surface area contributed by atoms with Crippen LogP contribution < -0.4 is 9.47 Å². The Balaban J connectivity index is 1.90. The third kappa shape index (κ3) is 14.2. The first kappa shape index (κ1) is 34.4. The average Bonchev–Trinajstić information content (AvgIpc) is 2.97. The Morgan fingerprint density at radius 2 is 1.32 bits per heavy atom. The lowest BCUT2D eigenvalue weighted by Crippen LogP contribution is -2.47. The van der Waals surface area contributed by atoms with Gasteiger partial charge in [-0.2, -0.15) is 0 Å². The normalized spacial score (nSPS) is 16.0. The van der Waals surface area contributed by atoms with Crippen molar-refractivity contribution in [2.24, 2.45) is 11.8 Å². The smallest absolute Gasteiger partial charge is 0.306 e. The molecule has 2 unspecified atom stereocenters. The van der Waals surface area contributed by atoms with E-state index in [0.717, 1.165) is 75.6 Å². The number of aliphatic hydroxyl groups is 1. The first-order valence-corrected chi connectivity index (χ1v) is 16.1. The van der Waals surface area contributed by atoms with Crippen LogP contribution in [0.5, 0.6) is 11.5 Å². The molecule has 1 aliphatic heterocycles. The maximum atomic E-state index is 12.5. The Morgan fingerprint density at radius 3 is 1.80 bits per heavy atom. The largest absolute Gasteiger partial charge is 0.493 e. The Hall–Kier alpha value is -1.83. The van der Waals surface area contributed by atoms with Gasteiger partial charge in [0.05, 0.1) is 19.8 Å². The van der Waals surface area contributed by atoms with Crippen molar-refractivity contribution in [3.8, 4) is 11.5 Å². The highest BCUT2D eigenvalue weighted by molar-refractivity contribution is 5.69. The number of aliphatic hydroxyl groups excluding tert-OH is 1. The van der Waals surface area contributed by atoms with E-state index < -0.39 is 0 Å². The van der Waals surface area contributed by atoms with Crippen molar-refractivity contribution >= 4 is 5.97 Å². The summed E-state index contributed by atoms with van der Waals surface area (Å²) in [7, 11) is 0. The van der Waals surface area contributed by atoms with Crippen molar-refractivity contribution in [1.82, 2.24) is 9.80 Å². The number of ether oxygens (including phenoxy) is 3. The van der Waals surface area contributed by atoms with Gasteiger partial charge in [0.2, 0.25) is 0 Å². The number of carbonyl (C=O) groups is 1. The van der Waals surface area contributed by atoms with Gasteiger partial charge in [-0.15, -0.1) is 0 Å². The number of hydrogen-bond acceptors (Lipinski definition) is 7. The summed E-state index contributed by atoms with van der Waals surface area (Å²) in [5, 5.41) is 9.10. The van der Waals surface area contributed by atoms with Gasteiger partial charge in [-0.1, -0.05) is 66.2 Å². The minimum Gasteiger partial charge on any atom is -0.493 e. The fraction of sp³-hybridized carbons (Fsp3) is 0.788. The molecule has 1 aliphatic rings. The molecule has 1 N–H and O–H groups in total. The van der Waals surface area contributed by atoms with E-state index in [1.807, 2.05) is 18.2 Å². The molecule has 1 saturated heterocycles. The number of esters is 1. The van der Waals surface area contributed by atoms with Gasteiger partial charge in [0.15, 0.2) is 0 Å². The van der Waals surface area contributed by atoms with E-state index in [1.165, 1.54) is 38.5 Å². The fourth-order valence-corrected chi connectivity index (χ4v) is 5.17. The number of hydrogen-bond donors (Lipinski definition) is 1. The summed E-state index contributed by atoms with van der Waals surface area (Å²) in [6.07, 6.45) is 10.6. The number of benzene rings is 1. The lowest BCUT2D eigenvalue weighted by atomic mass is 10.0. The summed E-state index contributed by atoms with van der Waals surface area (Å²) in [5.74, 6) is 2.51. The molecule has 0 aromatic heterocycles. The van der Waals surface area contributed by atoms with Crippen molar-refractivity contribution < 1.29 is 24.1 Å². The molecule has 0 radical (unpaired) electrons. The molecule has 1 heterocycles. The van der Waals surface area contributed by atoms with E-state index in [9.17, 15) is 4.79 Å². The minimum atomic E-state index is -0.163. The molecular weight excluding hydrogens is 504 g/mol. The number of β-amino-alcohol motifs (C(OH)–C–C–N with tert-alkyl or cyclic N) is 1. The topological polar surface area (TPSA) is 71.5 Å². The molecule has 1 aromatic rings. The van der Waals surface area contributed by atoms with E-state index in [4.69, 9.17) is 19.3 Å². The molecule has 7 nitrogen and oxygen atoms in total. The third-order valence-corrected chi connectivity index (χ3v) is 8.13. The molecule has 0 saturated carbocycles. The fourth-order valence-electron chi connectivity index (χ4n) is 5.17. The summed E-state index contributed by atoms with van der Waals surface area (Å²) in [5.41, 5.74) is 0.907. The van der Waals surface area contributed by atoms with Crippen molar-refractivity contribution in [3.63, 3.8) is 0 Å². The number of piperazine rings is 1. The summed E-state index contributed by atoms with van der Waals surface area (Å²) >= 11 is 0. The molecule has 40 heavy (non-hydrogen) atoms. The summed E-state index contributed by atoms with van der Waals surface area (Å²) < 4.78 is 18.2. The molecule has 0 aliphatic carbocycles. The molecule has 7 heteroatoms. The standard InChI is InChI=1S/C33H58N2O5/c1-5-9-12-28(7-3)25-38-31-22-30(23-32(24-31)39-26-29(8-4)13-10-6-2)27-40-33(37)14-11-15-34-16-18-35(19-17-34)20-21-36/h22-24,28-29,36H,5-21,25-27H2,1-4H3. The van der Waals surface area contributed by atoms with Gasteiger partial charge in [-0.25, -0.2) is 0 Å². The second kappa shape index (κ2) is 21.0. The zero-order valence-corrected chi connectivity index (χ0v) is 26.0. The van der Waals surface area contributed by atoms with Crippen molar-refractivity contribution in [1.29, 1.82) is 0 Å². The van der Waals surface area contributed by atoms with E-state index in [2.05, 4.69) is 37.5 Å². The molecular formula is C33H58N2O5. The number of rotatable bonds is 22. The SMILES string of the molecule is CCCCC(CC)COc1cc(COC(=O)CCCN2CCN(CCO)CC2)cc(OCC(CC)CCCC)c1. The molecule has 1 fully saturated rings. The zero-order chi connectivity index (χ0) is 29.0. The van der Waals surface area contributed by atoms with Crippen molar-refractivity contribution in [3.05, 3.63) is 23.8 Å². The first-order chi connectivity index (χ1) is 19.5. The molecule has 230 valence electrons. The van der Waals surface area contributed by atoms with Gasteiger partial charge in [0, 0.05) is 45.2 Å². The Labute approximate surface area is 244 Å². The highest BCUT2D eigenvalue weighted by Gasteiger charge is 2.17. The Bertz CT molecular complexity index is 759. The second-order valence-corrected chi connectivity index (χ2v) is 11.4. The van der Waals surface area contributed by atoms with Gasteiger partial charge in [0.25, 0.3) is 0 Å². The van der Waals surface area contributed by atoms with Crippen LogP contribution in [0, 0.1) is 11.8 Å². The van der Waals surface area contributed by atoms with E-state index >= 15 is 0 Å². The Morgan fingerprint density at radius 1 is 0.800 bits per heavy atom. The van der Waals surface area contributed by atoms with Gasteiger partial charge < -0.3 is 24.2 Å². The summed E-state index contributed by atoms with van der Waals surface area (Å²) in [6.45, 7) is 16.3. The lowest BCUT2D eigenvalue weighted by Gasteiger charge is -2.34. The predicted molar refractivity (Wildman–Crippen MR) is 163 cm³/mol. The summed E-state index contributed by atoms with van der Waals surface area (Å²) in [6, 6.07) is 5.98. The van der Waals surface area contributed by atoms with Crippen LogP contribution >= 0.6 is 0 Å². The van der Waals surface area contributed by atoms with E-state index in [-0.39, 0.29) is 19.2 Å². The van der Waals surface area contributed by atoms with Crippen LogP contribution in [0.25, 0.3) is 0 Å². The number of carbonyl (C=O) groups excluding carboxylic acids is 1. The predicted octanol–water partition coefficient (Wildman–Crippen LogP) is 6.31. The maximum absolute atomic E-state index is 12.5. The second-order valence-electron chi connectivity index (χ2n) is 11.4. The first-order valence-electron chi connectivity index (χ1n) is 16.1. The monoisotopic (exact) mass is 562 g/mol. The van der Waals surface area contributed by atoms with Crippen molar-refractivity contribution in [2.45, 2.75) is 98.5 Å². The van der Waals surface area contributed by atoms with E-state index in [0.29, 0.717) is 31.5 Å².